The molecule has 0 fully saturated rings. The fourth-order valence-corrected chi connectivity index (χ4v) is 2.09. The number of rotatable bonds is 6. The van der Waals surface area contributed by atoms with E-state index in [9.17, 15) is 4.79 Å². The zero-order valence-electron chi connectivity index (χ0n) is 13.3. The lowest BCUT2D eigenvalue weighted by molar-refractivity contribution is -0.139. The summed E-state index contributed by atoms with van der Waals surface area (Å²) in [5.41, 5.74) is 3.19. The number of benzene rings is 1. The fourth-order valence-electron chi connectivity index (χ4n) is 2.09. The molecule has 0 bridgehead atoms. The second-order valence-corrected chi connectivity index (χ2v) is 5.61. The highest BCUT2D eigenvalue weighted by Crippen LogP contribution is 2.32. The molecule has 22 heavy (non-hydrogen) atoms. The molecule has 1 aliphatic rings. The van der Waals surface area contributed by atoms with Crippen molar-refractivity contribution in [2.24, 2.45) is 0 Å². The summed E-state index contributed by atoms with van der Waals surface area (Å²) in [6.45, 7) is 6.55. The molecule has 0 amide bonds. The molecular weight excluding hydrogens is 280 g/mol. The average Bonchev–Trinajstić information content (AvgIpc) is 2.92. The zero-order valence-corrected chi connectivity index (χ0v) is 13.3. The molecule has 2 rings (SSSR count). The number of carbonyl (C=O) groups is 1. The van der Waals surface area contributed by atoms with Gasteiger partial charge >= 0.3 is 5.97 Å². The molecule has 1 aromatic rings. The van der Waals surface area contributed by atoms with Crippen molar-refractivity contribution in [3.05, 3.63) is 47.1 Å². The molecule has 0 unspecified atom stereocenters. The van der Waals surface area contributed by atoms with E-state index >= 15 is 0 Å². The van der Waals surface area contributed by atoms with Gasteiger partial charge in [0.2, 0.25) is 6.79 Å². The number of allylic oxidation sites excluding steroid dienone is 3. The lowest BCUT2D eigenvalue weighted by Gasteiger charge is -2.05. The minimum absolute atomic E-state index is 0.229. The Bertz CT molecular complexity index is 595. The summed E-state index contributed by atoms with van der Waals surface area (Å²) in [5, 5.41) is 0. The van der Waals surface area contributed by atoms with E-state index < -0.39 is 0 Å². The molecule has 0 saturated carbocycles. The van der Waals surface area contributed by atoms with Gasteiger partial charge in [-0.25, -0.2) is 4.79 Å². The van der Waals surface area contributed by atoms with Crippen LogP contribution in [0.2, 0.25) is 0 Å². The molecule has 0 saturated heterocycles. The highest BCUT2D eigenvalue weighted by Gasteiger charge is 2.13. The molecule has 0 radical (unpaired) electrons. The quantitative estimate of drug-likeness (QED) is 0.450. The highest BCUT2D eigenvalue weighted by atomic mass is 16.7. The minimum atomic E-state index is -0.313. The predicted octanol–water partition coefficient (Wildman–Crippen LogP) is 4.15. The van der Waals surface area contributed by atoms with E-state index in [1.54, 1.807) is 6.08 Å². The van der Waals surface area contributed by atoms with Crippen molar-refractivity contribution in [3.8, 4) is 11.5 Å². The lowest BCUT2D eigenvalue weighted by Crippen LogP contribution is -2.02. The number of hydrogen-bond acceptors (Lipinski definition) is 4. The monoisotopic (exact) mass is 302 g/mol. The Labute approximate surface area is 131 Å². The van der Waals surface area contributed by atoms with Crippen molar-refractivity contribution < 1.29 is 19.0 Å². The van der Waals surface area contributed by atoms with Gasteiger partial charge in [0, 0.05) is 6.08 Å². The van der Waals surface area contributed by atoms with E-state index in [0.29, 0.717) is 5.75 Å². The summed E-state index contributed by atoms with van der Waals surface area (Å²) in [5.74, 6) is 1.11. The first-order valence-corrected chi connectivity index (χ1v) is 7.40. The van der Waals surface area contributed by atoms with Crippen LogP contribution in [0, 0.1) is 0 Å². The lowest BCUT2D eigenvalue weighted by atomic mass is 10.1. The van der Waals surface area contributed by atoms with Crippen LogP contribution in [0.5, 0.6) is 11.5 Å². The van der Waals surface area contributed by atoms with Crippen molar-refractivity contribution in [3.63, 3.8) is 0 Å². The first kappa shape index (κ1) is 16.1. The van der Waals surface area contributed by atoms with Crippen LogP contribution in [0.3, 0.4) is 0 Å². The van der Waals surface area contributed by atoms with Crippen LogP contribution in [0.1, 0.15) is 39.2 Å². The van der Waals surface area contributed by atoms with Gasteiger partial charge in [0.15, 0.2) is 11.5 Å². The van der Waals surface area contributed by atoms with Gasteiger partial charge in [-0.2, -0.15) is 0 Å². The van der Waals surface area contributed by atoms with Crippen molar-refractivity contribution in [2.75, 3.05) is 6.79 Å². The third kappa shape index (κ3) is 4.95. The summed E-state index contributed by atoms with van der Waals surface area (Å²) in [4.78, 5) is 11.8. The number of fused-ring (bicyclic) bond motifs is 1. The molecule has 4 heteroatoms. The van der Waals surface area contributed by atoms with Gasteiger partial charge in [0.25, 0.3) is 0 Å². The van der Waals surface area contributed by atoms with Crippen LogP contribution >= 0.6 is 0 Å². The molecule has 1 aliphatic heterocycles. The van der Waals surface area contributed by atoms with Crippen molar-refractivity contribution in [1.82, 2.24) is 0 Å². The summed E-state index contributed by atoms with van der Waals surface area (Å²) < 4.78 is 15.8. The Kier molecular flexibility index (Phi) is 5.64. The second kappa shape index (κ2) is 7.69. The maximum Gasteiger partial charge on any atom is 0.331 e. The van der Waals surface area contributed by atoms with Gasteiger partial charge in [-0.3, -0.25) is 0 Å². The molecule has 1 heterocycles. The average molecular weight is 302 g/mol. The van der Waals surface area contributed by atoms with Gasteiger partial charge in [0.05, 0.1) is 0 Å². The molecule has 1 aromatic carbocycles. The number of ether oxygens (including phenoxy) is 3. The van der Waals surface area contributed by atoms with Crippen LogP contribution in [0.25, 0.3) is 0 Å². The van der Waals surface area contributed by atoms with Crippen molar-refractivity contribution in [2.45, 2.75) is 40.2 Å². The molecule has 4 nitrogen and oxygen atoms in total. The SMILES string of the molecule is CC(C)=CCC/C(C)=C/C(=O)OCc1ccc2c(c1)OCO2. The van der Waals surface area contributed by atoms with Crippen LogP contribution < -0.4 is 9.47 Å². The van der Waals surface area contributed by atoms with Crippen LogP contribution in [0.15, 0.2) is 41.5 Å². The van der Waals surface area contributed by atoms with Gasteiger partial charge in [-0.05, 0) is 51.3 Å². The first-order chi connectivity index (χ1) is 10.5. The molecule has 0 N–H and O–H groups in total. The molecule has 0 aliphatic carbocycles. The summed E-state index contributed by atoms with van der Waals surface area (Å²) in [6, 6.07) is 5.53. The predicted molar refractivity (Wildman–Crippen MR) is 84.8 cm³/mol. The Balaban J connectivity index is 1.81. The van der Waals surface area contributed by atoms with Crippen molar-refractivity contribution >= 4 is 5.97 Å². The fraction of sp³-hybridized carbons (Fsp3) is 0.389. The topological polar surface area (TPSA) is 44.8 Å². The summed E-state index contributed by atoms with van der Waals surface area (Å²) in [7, 11) is 0. The third-order valence-corrected chi connectivity index (χ3v) is 3.27. The molecule has 0 atom stereocenters. The molecule has 118 valence electrons. The minimum Gasteiger partial charge on any atom is -0.458 e. The normalized spacial score (nSPS) is 13.0. The zero-order chi connectivity index (χ0) is 15.9. The van der Waals surface area contributed by atoms with Crippen molar-refractivity contribution in [1.29, 1.82) is 0 Å². The summed E-state index contributed by atoms with van der Waals surface area (Å²) in [6.07, 6.45) is 5.53. The third-order valence-electron chi connectivity index (χ3n) is 3.27. The Morgan fingerprint density at radius 2 is 2.00 bits per heavy atom. The number of esters is 1. The second-order valence-electron chi connectivity index (χ2n) is 5.61. The maximum absolute atomic E-state index is 11.8. The summed E-state index contributed by atoms with van der Waals surface area (Å²) >= 11 is 0. The van der Waals surface area contributed by atoms with Crippen LogP contribution in [-0.4, -0.2) is 12.8 Å². The number of carbonyl (C=O) groups excluding carboxylic acids is 1. The Hall–Kier alpha value is -2.23. The largest absolute Gasteiger partial charge is 0.458 e. The Morgan fingerprint density at radius 1 is 1.23 bits per heavy atom. The number of hydrogen-bond donors (Lipinski definition) is 0. The van der Waals surface area contributed by atoms with E-state index in [2.05, 4.69) is 19.9 Å². The maximum atomic E-state index is 11.8. The standard InChI is InChI=1S/C18H22O4/c1-13(2)5-4-6-14(3)9-18(19)20-11-15-7-8-16-17(10-15)22-12-21-16/h5,7-10H,4,6,11-12H2,1-3H3/b14-9+. The van der Waals surface area contributed by atoms with Gasteiger partial charge in [-0.1, -0.05) is 23.3 Å². The van der Waals surface area contributed by atoms with E-state index in [1.807, 2.05) is 25.1 Å². The van der Waals surface area contributed by atoms with Crippen LogP contribution in [0.4, 0.5) is 0 Å². The first-order valence-electron chi connectivity index (χ1n) is 7.40. The van der Waals surface area contributed by atoms with E-state index in [-0.39, 0.29) is 19.4 Å². The Morgan fingerprint density at radius 3 is 2.77 bits per heavy atom. The van der Waals surface area contributed by atoms with Gasteiger partial charge in [0.1, 0.15) is 6.61 Å². The van der Waals surface area contributed by atoms with Gasteiger partial charge < -0.3 is 14.2 Å². The highest BCUT2D eigenvalue weighted by molar-refractivity contribution is 5.82. The molecule has 0 spiro atoms. The molecule has 0 aromatic heterocycles. The van der Waals surface area contributed by atoms with E-state index in [0.717, 1.165) is 29.7 Å². The van der Waals surface area contributed by atoms with E-state index in [1.165, 1.54) is 5.57 Å². The smallest absolute Gasteiger partial charge is 0.331 e. The molecular formula is C18H22O4. The van der Waals surface area contributed by atoms with Gasteiger partial charge in [-0.15, -0.1) is 0 Å². The van der Waals surface area contributed by atoms with Crippen LogP contribution in [-0.2, 0) is 16.1 Å². The van der Waals surface area contributed by atoms with E-state index in [4.69, 9.17) is 14.2 Å².